The van der Waals surface area contributed by atoms with E-state index in [4.69, 9.17) is 0 Å². The summed E-state index contributed by atoms with van der Waals surface area (Å²) in [5.74, 6) is -0.642. The number of carbonyl (C=O) groups excluding carboxylic acids is 1. The molecule has 1 N–H and O–H groups in total. The first kappa shape index (κ1) is 14.6. The molecule has 1 fully saturated rings. The van der Waals surface area contributed by atoms with Gasteiger partial charge in [-0.05, 0) is 18.6 Å². The molecule has 0 atom stereocenters. The van der Waals surface area contributed by atoms with Crippen molar-refractivity contribution >= 4 is 5.91 Å². The summed E-state index contributed by atoms with van der Waals surface area (Å²) in [5.41, 5.74) is 1.37. The minimum Gasteiger partial charge on any atom is -0.337 e. The summed E-state index contributed by atoms with van der Waals surface area (Å²) < 4.78 is 13.2. The van der Waals surface area contributed by atoms with E-state index >= 15 is 0 Å². The second-order valence-corrected chi connectivity index (χ2v) is 5.40. The first-order chi connectivity index (χ1) is 10.7. The van der Waals surface area contributed by atoms with E-state index in [0.717, 1.165) is 37.9 Å². The summed E-state index contributed by atoms with van der Waals surface area (Å²) in [6.07, 6.45) is 5.15. The number of nitrogens with one attached hydrogen (secondary N) is 1. The molecule has 1 amide bonds. The lowest BCUT2D eigenvalue weighted by Gasteiger charge is -2.21. The fraction of sp³-hybridized carbons (Fsp3) is 0.400. The molecular weight excluding hydrogens is 285 g/mol. The van der Waals surface area contributed by atoms with Crippen molar-refractivity contribution in [2.45, 2.75) is 13.0 Å². The number of hydrogen-bond acceptors (Lipinski definition) is 4. The van der Waals surface area contributed by atoms with Gasteiger partial charge in [-0.25, -0.2) is 4.39 Å². The van der Waals surface area contributed by atoms with Crippen molar-refractivity contribution in [1.82, 2.24) is 25.0 Å². The van der Waals surface area contributed by atoms with Gasteiger partial charge in [0.15, 0.2) is 0 Å². The lowest BCUT2D eigenvalue weighted by Crippen LogP contribution is -2.35. The number of rotatable bonds is 3. The molecule has 3 heterocycles. The number of halogens is 1. The van der Waals surface area contributed by atoms with Crippen LogP contribution in [0.25, 0.3) is 0 Å². The number of pyridine rings is 1. The molecule has 1 aliphatic rings. The monoisotopic (exact) mass is 303 g/mol. The summed E-state index contributed by atoms with van der Waals surface area (Å²) >= 11 is 0. The topological polar surface area (TPSA) is 65.1 Å². The highest BCUT2D eigenvalue weighted by molar-refractivity contribution is 5.93. The van der Waals surface area contributed by atoms with Gasteiger partial charge in [-0.1, -0.05) is 0 Å². The number of amides is 1. The molecule has 6 nitrogen and oxygen atoms in total. The van der Waals surface area contributed by atoms with Crippen LogP contribution >= 0.6 is 0 Å². The zero-order valence-corrected chi connectivity index (χ0v) is 12.2. The minimum atomic E-state index is -0.485. The van der Waals surface area contributed by atoms with Gasteiger partial charge < -0.3 is 4.90 Å². The smallest absolute Gasteiger partial charge is 0.255 e. The van der Waals surface area contributed by atoms with Crippen molar-refractivity contribution in [3.8, 4) is 0 Å². The maximum Gasteiger partial charge on any atom is 0.255 e. The Kier molecular flexibility index (Phi) is 4.43. The van der Waals surface area contributed by atoms with Gasteiger partial charge in [0.1, 0.15) is 5.82 Å². The van der Waals surface area contributed by atoms with Crippen LogP contribution in [0.4, 0.5) is 4.39 Å². The Labute approximate surface area is 128 Å². The van der Waals surface area contributed by atoms with Gasteiger partial charge in [0.25, 0.3) is 5.91 Å². The fourth-order valence-corrected chi connectivity index (χ4v) is 2.66. The zero-order valence-electron chi connectivity index (χ0n) is 12.2. The molecule has 0 unspecified atom stereocenters. The van der Waals surface area contributed by atoms with Crippen molar-refractivity contribution in [3.05, 3.63) is 47.8 Å². The van der Waals surface area contributed by atoms with Crippen LogP contribution in [0.15, 0.2) is 30.7 Å². The molecule has 0 spiro atoms. The highest BCUT2D eigenvalue weighted by Crippen LogP contribution is 2.11. The molecule has 2 aromatic heterocycles. The molecule has 7 heteroatoms. The number of H-pyrrole nitrogens is 1. The molecule has 0 radical (unpaired) electrons. The van der Waals surface area contributed by atoms with E-state index in [1.54, 1.807) is 11.1 Å². The average molecular weight is 303 g/mol. The molecular formula is C15H18FN5O. The van der Waals surface area contributed by atoms with E-state index in [9.17, 15) is 9.18 Å². The van der Waals surface area contributed by atoms with E-state index in [-0.39, 0.29) is 5.91 Å². The van der Waals surface area contributed by atoms with Crippen LogP contribution < -0.4 is 0 Å². The second-order valence-electron chi connectivity index (χ2n) is 5.40. The SMILES string of the molecule is O=C(c1cncc(F)c1)N1CCCN(Cc2ccn[nH]2)CC1. The lowest BCUT2D eigenvalue weighted by atomic mass is 10.2. The summed E-state index contributed by atoms with van der Waals surface area (Å²) in [6, 6.07) is 3.19. The standard InChI is InChI=1S/C15H18FN5O/c16-13-8-12(9-17-10-13)15(22)21-5-1-4-20(6-7-21)11-14-2-3-18-19-14/h2-3,8-10H,1,4-7,11H2,(H,18,19). The van der Waals surface area contributed by atoms with Gasteiger partial charge in [0.2, 0.25) is 0 Å². The molecule has 2 aromatic rings. The Morgan fingerprint density at radius 3 is 2.95 bits per heavy atom. The fourth-order valence-electron chi connectivity index (χ4n) is 2.66. The third-order valence-electron chi connectivity index (χ3n) is 3.78. The summed E-state index contributed by atoms with van der Waals surface area (Å²) in [7, 11) is 0. The van der Waals surface area contributed by atoms with Crippen LogP contribution in [0, 0.1) is 5.82 Å². The van der Waals surface area contributed by atoms with E-state index in [2.05, 4.69) is 20.1 Å². The molecule has 1 saturated heterocycles. The summed E-state index contributed by atoms with van der Waals surface area (Å²) in [4.78, 5) is 20.2. The van der Waals surface area contributed by atoms with Crippen LogP contribution in [0.3, 0.4) is 0 Å². The van der Waals surface area contributed by atoms with Crippen molar-refractivity contribution < 1.29 is 9.18 Å². The average Bonchev–Trinajstić information content (AvgIpc) is 2.91. The molecule has 3 rings (SSSR count). The zero-order chi connectivity index (χ0) is 15.4. The highest BCUT2D eigenvalue weighted by atomic mass is 19.1. The predicted molar refractivity (Wildman–Crippen MR) is 78.6 cm³/mol. The van der Waals surface area contributed by atoms with E-state index in [0.29, 0.717) is 18.7 Å². The first-order valence-electron chi connectivity index (χ1n) is 7.33. The Morgan fingerprint density at radius 1 is 1.27 bits per heavy atom. The van der Waals surface area contributed by atoms with Crippen molar-refractivity contribution in [2.24, 2.45) is 0 Å². The molecule has 116 valence electrons. The van der Waals surface area contributed by atoms with Gasteiger partial charge in [-0.3, -0.25) is 19.8 Å². The van der Waals surface area contributed by atoms with Crippen LogP contribution in [0.5, 0.6) is 0 Å². The number of aromatic nitrogens is 3. The Balaban J connectivity index is 1.61. The van der Waals surface area contributed by atoms with Crippen molar-refractivity contribution in [3.63, 3.8) is 0 Å². The molecule has 0 saturated carbocycles. The quantitative estimate of drug-likeness (QED) is 0.928. The molecule has 22 heavy (non-hydrogen) atoms. The van der Waals surface area contributed by atoms with Gasteiger partial charge >= 0.3 is 0 Å². The maximum absolute atomic E-state index is 13.2. The Morgan fingerprint density at radius 2 is 2.18 bits per heavy atom. The van der Waals surface area contributed by atoms with E-state index < -0.39 is 5.82 Å². The third kappa shape index (κ3) is 3.48. The van der Waals surface area contributed by atoms with Gasteiger partial charge in [0, 0.05) is 50.8 Å². The van der Waals surface area contributed by atoms with Gasteiger partial charge in [-0.15, -0.1) is 0 Å². The van der Waals surface area contributed by atoms with Crippen LogP contribution in [-0.4, -0.2) is 57.1 Å². The number of carbonyl (C=O) groups is 1. The summed E-state index contributed by atoms with van der Waals surface area (Å²) in [6.45, 7) is 3.81. The van der Waals surface area contributed by atoms with Crippen molar-refractivity contribution in [2.75, 3.05) is 26.2 Å². The lowest BCUT2D eigenvalue weighted by molar-refractivity contribution is 0.0760. The molecule has 0 aromatic carbocycles. The molecule has 1 aliphatic heterocycles. The Bertz CT molecular complexity index is 631. The summed E-state index contributed by atoms with van der Waals surface area (Å²) in [5, 5.41) is 6.89. The molecule has 0 bridgehead atoms. The largest absolute Gasteiger partial charge is 0.337 e. The van der Waals surface area contributed by atoms with E-state index in [1.807, 2.05) is 6.07 Å². The number of aromatic amines is 1. The second kappa shape index (κ2) is 6.65. The van der Waals surface area contributed by atoms with Crippen LogP contribution in [0.2, 0.25) is 0 Å². The van der Waals surface area contributed by atoms with Crippen LogP contribution in [-0.2, 0) is 6.54 Å². The maximum atomic E-state index is 13.2. The Hall–Kier alpha value is -2.28. The molecule has 0 aliphatic carbocycles. The number of hydrogen-bond donors (Lipinski definition) is 1. The first-order valence-corrected chi connectivity index (χ1v) is 7.33. The highest BCUT2D eigenvalue weighted by Gasteiger charge is 2.21. The van der Waals surface area contributed by atoms with Gasteiger partial charge in [0.05, 0.1) is 11.8 Å². The van der Waals surface area contributed by atoms with Crippen molar-refractivity contribution in [1.29, 1.82) is 0 Å². The van der Waals surface area contributed by atoms with Gasteiger partial charge in [-0.2, -0.15) is 5.10 Å². The normalized spacial score (nSPS) is 16.5. The minimum absolute atomic E-state index is 0.157. The van der Waals surface area contributed by atoms with E-state index in [1.165, 1.54) is 12.3 Å². The number of nitrogens with zero attached hydrogens (tertiary/aromatic N) is 4. The third-order valence-corrected chi connectivity index (χ3v) is 3.78. The van der Waals surface area contributed by atoms with Crippen LogP contribution in [0.1, 0.15) is 22.5 Å². The predicted octanol–water partition coefficient (Wildman–Crippen LogP) is 1.29.